The van der Waals surface area contributed by atoms with Gasteiger partial charge in [-0.2, -0.15) is 5.26 Å². The van der Waals surface area contributed by atoms with Crippen LogP contribution in [0.5, 0.6) is 5.75 Å². The Labute approximate surface area is 246 Å². The molecule has 220 valence electrons. The van der Waals surface area contributed by atoms with Gasteiger partial charge in [0.15, 0.2) is 0 Å². The van der Waals surface area contributed by atoms with Gasteiger partial charge in [0.1, 0.15) is 24.0 Å². The van der Waals surface area contributed by atoms with Crippen molar-refractivity contribution in [1.29, 1.82) is 5.26 Å². The molecule has 2 N–H and O–H groups in total. The zero-order valence-electron chi connectivity index (χ0n) is 24.2. The molecule has 42 heavy (non-hydrogen) atoms. The summed E-state index contributed by atoms with van der Waals surface area (Å²) in [6.45, 7) is 3.71. The van der Waals surface area contributed by atoms with Crippen LogP contribution in [0.1, 0.15) is 42.1 Å². The fraction of sp³-hybridized carbons (Fsp3) is 0.387. The predicted octanol–water partition coefficient (Wildman–Crippen LogP) is 3.19. The third-order valence-electron chi connectivity index (χ3n) is 6.94. The van der Waals surface area contributed by atoms with Crippen LogP contribution in [0.4, 0.5) is 5.95 Å². The van der Waals surface area contributed by atoms with Gasteiger partial charge in [-0.15, -0.1) is 0 Å². The maximum atomic E-state index is 13.3. The van der Waals surface area contributed by atoms with Gasteiger partial charge in [0, 0.05) is 49.8 Å². The Kier molecular flexibility index (Phi) is 10.4. The molecule has 11 nitrogen and oxygen atoms in total. The van der Waals surface area contributed by atoms with E-state index >= 15 is 0 Å². The number of ether oxygens (including phenoxy) is 1. The van der Waals surface area contributed by atoms with Crippen molar-refractivity contribution in [2.45, 2.75) is 38.4 Å². The van der Waals surface area contributed by atoms with Crippen LogP contribution in [0.2, 0.25) is 0 Å². The lowest BCUT2D eigenvalue weighted by Gasteiger charge is -2.33. The summed E-state index contributed by atoms with van der Waals surface area (Å²) < 4.78 is 6.14. The van der Waals surface area contributed by atoms with Crippen molar-refractivity contribution in [1.82, 2.24) is 24.8 Å². The van der Waals surface area contributed by atoms with E-state index in [1.165, 1.54) is 11.9 Å². The molecule has 1 atom stereocenters. The Morgan fingerprint density at radius 1 is 1.14 bits per heavy atom. The number of nitriles is 1. The number of aliphatic hydroxyl groups excluding tert-OH is 1. The minimum absolute atomic E-state index is 0.142. The average molecular weight is 572 g/mol. The largest absolute Gasteiger partial charge is 0.489 e. The molecule has 3 aromatic rings. The first-order valence-corrected chi connectivity index (χ1v) is 14.0. The highest BCUT2D eigenvalue weighted by atomic mass is 16.5. The van der Waals surface area contributed by atoms with Gasteiger partial charge in [-0.25, -0.2) is 15.0 Å². The van der Waals surface area contributed by atoms with E-state index in [0.29, 0.717) is 60.6 Å². The summed E-state index contributed by atoms with van der Waals surface area (Å²) in [4.78, 5) is 38.0. The van der Waals surface area contributed by atoms with Crippen LogP contribution in [0.15, 0.2) is 60.8 Å². The molecule has 0 aliphatic carbocycles. The number of hydrogen-bond acceptors (Lipinski definition) is 9. The molecule has 2 heterocycles. The number of hydrazine groups is 1. The van der Waals surface area contributed by atoms with Crippen LogP contribution in [0.25, 0.3) is 11.3 Å². The van der Waals surface area contributed by atoms with Gasteiger partial charge in [0.05, 0.1) is 11.3 Å². The van der Waals surface area contributed by atoms with Crippen LogP contribution in [-0.4, -0.2) is 94.2 Å². The zero-order chi connectivity index (χ0) is 30.1. The highest BCUT2D eigenvalue weighted by molar-refractivity contribution is 5.94. The molecular formula is C31H37N7O4. The molecule has 2 amide bonds. The van der Waals surface area contributed by atoms with Crippen LogP contribution in [-0.2, 0) is 4.79 Å². The molecule has 1 saturated heterocycles. The van der Waals surface area contributed by atoms with Gasteiger partial charge in [-0.1, -0.05) is 18.2 Å². The number of benzene rings is 2. The van der Waals surface area contributed by atoms with Crippen molar-refractivity contribution >= 4 is 17.8 Å². The maximum Gasteiger partial charge on any atom is 0.272 e. The second kappa shape index (κ2) is 14.4. The molecule has 1 aliphatic heterocycles. The lowest BCUT2D eigenvalue weighted by Crippen LogP contribution is -2.45. The number of carbonyl (C=O) groups is 2. The van der Waals surface area contributed by atoms with Crippen molar-refractivity contribution in [2.24, 2.45) is 0 Å². The highest BCUT2D eigenvalue weighted by Gasteiger charge is 2.26. The first kappa shape index (κ1) is 30.4. The van der Waals surface area contributed by atoms with Gasteiger partial charge in [-0.05, 0) is 70.4 Å². The van der Waals surface area contributed by atoms with E-state index in [2.05, 4.69) is 26.4 Å². The maximum absolute atomic E-state index is 13.3. The Morgan fingerprint density at radius 2 is 1.88 bits per heavy atom. The van der Waals surface area contributed by atoms with E-state index in [0.717, 1.165) is 13.0 Å². The van der Waals surface area contributed by atoms with E-state index < -0.39 is 6.10 Å². The smallest absolute Gasteiger partial charge is 0.272 e. The highest BCUT2D eigenvalue weighted by Crippen LogP contribution is 2.28. The van der Waals surface area contributed by atoms with Crippen LogP contribution in [0.3, 0.4) is 0 Å². The number of hydrogen-bond donors (Lipinski definition) is 2. The molecule has 0 radical (unpaired) electrons. The van der Waals surface area contributed by atoms with E-state index in [1.54, 1.807) is 41.4 Å². The summed E-state index contributed by atoms with van der Waals surface area (Å²) in [7, 11) is 3.97. The third-order valence-corrected chi connectivity index (χ3v) is 6.94. The lowest BCUT2D eigenvalue weighted by molar-refractivity contribution is -0.141. The number of nitrogens with one attached hydrogen (secondary N) is 1. The number of amides is 2. The fourth-order valence-corrected chi connectivity index (χ4v) is 4.70. The number of aliphatic hydroxyl groups is 1. The number of carbonyl (C=O) groups excluding carboxylic acids is 2. The van der Waals surface area contributed by atoms with Crippen molar-refractivity contribution in [3.8, 4) is 23.1 Å². The molecular weight excluding hydrogens is 534 g/mol. The molecule has 11 heteroatoms. The monoisotopic (exact) mass is 571 g/mol. The molecule has 1 aliphatic rings. The number of anilines is 1. The Hall–Kier alpha value is -4.53. The summed E-state index contributed by atoms with van der Waals surface area (Å²) in [5, 5.41) is 20.9. The van der Waals surface area contributed by atoms with Crippen molar-refractivity contribution < 1.29 is 19.4 Å². The van der Waals surface area contributed by atoms with Crippen LogP contribution in [0, 0.1) is 11.3 Å². The second-order valence-electron chi connectivity index (χ2n) is 10.5. The van der Waals surface area contributed by atoms with E-state index in [4.69, 9.17) is 4.74 Å². The SMILES string of the molecule is C[C@H](O)C(=O)N1CCC(Oc2ccc(-c3ccnc(NN(CCCN(C)C)C(=O)c4ccccc4)n3)cc2C#N)CC1. The number of nitrogens with zero attached hydrogens (tertiary/aromatic N) is 6. The number of piperidine rings is 1. The topological polar surface area (TPSA) is 135 Å². The summed E-state index contributed by atoms with van der Waals surface area (Å²) in [6.07, 6.45) is 2.41. The third kappa shape index (κ3) is 8.02. The summed E-state index contributed by atoms with van der Waals surface area (Å²) in [5.41, 5.74) is 5.30. The molecule has 0 spiro atoms. The molecule has 4 rings (SSSR count). The molecule has 1 fully saturated rings. The van der Waals surface area contributed by atoms with Crippen LogP contribution < -0.4 is 10.2 Å². The summed E-state index contributed by atoms with van der Waals surface area (Å²) in [5.74, 6) is 0.265. The normalized spacial score (nSPS) is 14.2. The summed E-state index contributed by atoms with van der Waals surface area (Å²) in [6, 6.07) is 18.3. The Balaban J connectivity index is 1.47. The Morgan fingerprint density at radius 3 is 2.55 bits per heavy atom. The average Bonchev–Trinajstić information content (AvgIpc) is 3.00. The van der Waals surface area contributed by atoms with E-state index in [-0.39, 0.29) is 23.9 Å². The predicted molar refractivity (Wildman–Crippen MR) is 158 cm³/mol. The number of aromatic nitrogens is 2. The number of likely N-dealkylation sites (tertiary alicyclic amines) is 1. The molecule has 2 aromatic carbocycles. The molecule has 0 unspecified atom stereocenters. The number of rotatable bonds is 11. The zero-order valence-corrected chi connectivity index (χ0v) is 24.2. The fourth-order valence-electron chi connectivity index (χ4n) is 4.70. The Bertz CT molecular complexity index is 1400. The van der Waals surface area contributed by atoms with Crippen LogP contribution >= 0.6 is 0 Å². The van der Waals surface area contributed by atoms with Gasteiger partial charge in [-0.3, -0.25) is 15.0 Å². The van der Waals surface area contributed by atoms with E-state index in [9.17, 15) is 20.0 Å². The van der Waals surface area contributed by atoms with Gasteiger partial charge in [0.2, 0.25) is 5.95 Å². The minimum atomic E-state index is -1.02. The van der Waals surface area contributed by atoms with Gasteiger partial charge in [0.25, 0.3) is 11.8 Å². The standard InChI is InChI=1S/C31H37N7O4/c1-22(39)29(40)37-18-13-26(14-19-37)42-28-11-10-24(20-25(28)21-32)27-12-15-33-31(34-27)35-38(17-7-16-36(2)3)30(41)23-8-5-4-6-9-23/h4-6,8-12,15,20,22,26,39H,7,13-14,16-19H2,1-3H3,(H,33,34,35)/t22-/m0/s1. The summed E-state index contributed by atoms with van der Waals surface area (Å²) >= 11 is 0. The lowest BCUT2D eigenvalue weighted by atomic mass is 10.1. The molecule has 0 saturated carbocycles. The van der Waals surface area contributed by atoms with Gasteiger partial charge < -0.3 is 19.6 Å². The minimum Gasteiger partial charge on any atom is -0.489 e. The van der Waals surface area contributed by atoms with Crippen molar-refractivity contribution in [2.75, 3.05) is 45.7 Å². The van der Waals surface area contributed by atoms with Crippen molar-refractivity contribution in [3.63, 3.8) is 0 Å². The first-order chi connectivity index (χ1) is 20.2. The first-order valence-electron chi connectivity index (χ1n) is 14.0. The quantitative estimate of drug-likeness (QED) is 0.333. The van der Waals surface area contributed by atoms with E-state index in [1.807, 2.05) is 38.4 Å². The molecule has 0 bridgehead atoms. The van der Waals surface area contributed by atoms with Gasteiger partial charge >= 0.3 is 0 Å². The van der Waals surface area contributed by atoms with Crippen molar-refractivity contribution in [3.05, 3.63) is 71.9 Å². The second-order valence-corrected chi connectivity index (χ2v) is 10.5. The molecule has 1 aromatic heterocycles.